The van der Waals surface area contributed by atoms with E-state index in [0.29, 0.717) is 30.5 Å². The van der Waals surface area contributed by atoms with Gasteiger partial charge in [-0.1, -0.05) is 30.3 Å². The molecule has 0 saturated carbocycles. The molecule has 0 fully saturated rings. The Bertz CT molecular complexity index is 1200. The molecule has 1 unspecified atom stereocenters. The molecule has 0 saturated heterocycles. The van der Waals surface area contributed by atoms with E-state index in [1.807, 2.05) is 30.3 Å². The van der Waals surface area contributed by atoms with E-state index in [2.05, 4.69) is 45.4 Å². The highest BCUT2D eigenvalue weighted by molar-refractivity contribution is 6.05. The fourth-order valence-corrected chi connectivity index (χ4v) is 4.14. The normalized spacial score (nSPS) is 15.1. The Labute approximate surface area is 180 Å². The number of aromatic nitrogens is 3. The Kier molecular flexibility index (Phi) is 5.00. The molecule has 5 rings (SSSR count). The third-order valence-corrected chi connectivity index (χ3v) is 5.65. The summed E-state index contributed by atoms with van der Waals surface area (Å²) in [6.07, 6.45) is 5.75. The van der Waals surface area contributed by atoms with E-state index < -0.39 is 0 Å². The molecule has 7 heteroatoms. The molecule has 0 aliphatic carbocycles. The smallest absolute Gasteiger partial charge is 0.259 e. The lowest BCUT2D eigenvalue weighted by molar-refractivity contribution is 0.102. The summed E-state index contributed by atoms with van der Waals surface area (Å²) in [6, 6.07) is 18.2. The van der Waals surface area contributed by atoms with Crippen LogP contribution in [0.2, 0.25) is 0 Å². The van der Waals surface area contributed by atoms with Gasteiger partial charge in [-0.2, -0.15) is 5.10 Å². The lowest BCUT2D eigenvalue weighted by Gasteiger charge is -2.24. The molecule has 1 aliphatic rings. The van der Waals surface area contributed by atoms with Crippen LogP contribution in [0.1, 0.15) is 34.2 Å². The van der Waals surface area contributed by atoms with Gasteiger partial charge in [0.25, 0.3) is 5.91 Å². The van der Waals surface area contributed by atoms with Crippen LogP contribution in [-0.2, 0) is 19.5 Å². The molecule has 31 heavy (non-hydrogen) atoms. The zero-order valence-corrected chi connectivity index (χ0v) is 17.2. The van der Waals surface area contributed by atoms with Crippen molar-refractivity contribution in [3.05, 3.63) is 96.0 Å². The Balaban J connectivity index is 1.31. The van der Waals surface area contributed by atoms with Gasteiger partial charge >= 0.3 is 0 Å². The van der Waals surface area contributed by atoms with Gasteiger partial charge < -0.3 is 14.6 Å². The average Bonchev–Trinajstić information content (AvgIpc) is 3.50. The zero-order valence-electron chi connectivity index (χ0n) is 17.2. The van der Waals surface area contributed by atoms with Crippen molar-refractivity contribution in [1.82, 2.24) is 14.8 Å². The van der Waals surface area contributed by atoms with Crippen molar-refractivity contribution < 1.29 is 9.21 Å². The van der Waals surface area contributed by atoms with Gasteiger partial charge in [-0.05, 0) is 48.7 Å². The van der Waals surface area contributed by atoms with Crippen molar-refractivity contribution in [2.45, 2.75) is 32.5 Å². The van der Waals surface area contributed by atoms with Crippen molar-refractivity contribution >= 4 is 17.3 Å². The third-order valence-electron chi connectivity index (χ3n) is 5.65. The van der Waals surface area contributed by atoms with Crippen LogP contribution in [-0.4, -0.2) is 26.7 Å². The van der Waals surface area contributed by atoms with Gasteiger partial charge in [0.2, 0.25) is 0 Å². The number of hydrogen-bond donors (Lipinski definition) is 1. The second-order valence-corrected chi connectivity index (χ2v) is 7.81. The minimum absolute atomic E-state index is 0.179. The van der Waals surface area contributed by atoms with E-state index in [1.165, 1.54) is 17.6 Å². The number of anilines is 2. The first-order valence-electron chi connectivity index (χ1n) is 10.3. The summed E-state index contributed by atoms with van der Waals surface area (Å²) in [7, 11) is 0. The maximum Gasteiger partial charge on any atom is 0.259 e. The molecular weight excluding hydrogens is 390 g/mol. The Morgan fingerprint density at radius 3 is 2.94 bits per heavy atom. The van der Waals surface area contributed by atoms with Crippen LogP contribution in [0.25, 0.3) is 0 Å². The number of rotatable bonds is 6. The fourth-order valence-electron chi connectivity index (χ4n) is 4.14. The molecule has 156 valence electrons. The summed E-state index contributed by atoms with van der Waals surface area (Å²) >= 11 is 0. The molecule has 0 spiro atoms. The number of amides is 1. The standard InChI is InChI=1S/C24H23N5O2/c1-17-11-19-6-2-3-8-22(19)29(17)14-23-21(9-10-31-23)24(30)27-20-7-4-5-18(12-20)13-28-16-25-15-26-28/h2-10,12,15-17H,11,13-14H2,1H3,(H,27,30). The highest BCUT2D eigenvalue weighted by Gasteiger charge is 2.28. The number of fused-ring (bicyclic) bond motifs is 1. The molecule has 1 aliphatic heterocycles. The number of benzene rings is 2. The summed E-state index contributed by atoms with van der Waals surface area (Å²) in [4.78, 5) is 19.3. The SMILES string of the molecule is CC1Cc2ccccc2N1Cc1occc1C(=O)Nc1cccc(Cn2cncn2)c1. The van der Waals surface area contributed by atoms with Gasteiger partial charge in [-0.25, -0.2) is 9.67 Å². The number of carbonyl (C=O) groups excluding carboxylic acids is 1. The zero-order chi connectivity index (χ0) is 21.2. The van der Waals surface area contributed by atoms with Gasteiger partial charge in [-0.3, -0.25) is 4.79 Å². The first kappa shape index (κ1) is 19.1. The summed E-state index contributed by atoms with van der Waals surface area (Å²) in [5.41, 5.74) is 4.85. The van der Waals surface area contributed by atoms with E-state index in [0.717, 1.165) is 17.7 Å². The quantitative estimate of drug-likeness (QED) is 0.515. The van der Waals surface area contributed by atoms with Crippen molar-refractivity contribution in [1.29, 1.82) is 0 Å². The van der Waals surface area contributed by atoms with Crippen LogP contribution in [0.4, 0.5) is 11.4 Å². The van der Waals surface area contributed by atoms with Gasteiger partial charge in [0.1, 0.15) is 18.4 Å². The molecule has 2 aromatic carbocycles. The minimum Gasteiger partial charge on any atom is -0.467 e. The Hall–Kier alpha value is -3.87. The summed E-state index contributed by atoms with van der Waals surface area (Å²) < 4.78 is 7.46. The first-order valence-corrected chi connectivity index (χ1v) is 10.3. The maximum absolute atomic E-state index is 13.0. The summed E-state index contributed by atoms with van der Waals surface area (Å²) in [6.45, 7) is 3.34. The molecule has 2 aromatic heterocycles. The number of carbonyl (C=O) groups is 1. The average molecular weight is 413 g/mol. The van der Waals surface area contributed by atoms with Crippen molar-refractivity contribution in [3.8, 4) is 0 Å². The first-order chi connectivity index (χ1) is 15.2. The molecule has 7 nitrogen and oxygen atoms in total. The molecule has 4 aromatic rings. The lowest BCUT2D eigenvalue weighted by Crippen LogP contribution is -2.29. The molecule has 1 N–H and O–H groups in total. The Morgan fingerprint density at radius 2 is 2.06 bits per heavy atom. The number of para-hydroxylation sites is 1. The fraction of sp³-hybridized carbons (Fsp3) is 0.208. The molecule has 0 radical (unpaired) electrons. The topological polar surface area (TPSA) is 76.2 Å². The number of nitrogens with one attached hydrogen (secondary N) is 1. The molecule has 1 atom stereocenters. The van der Waals surface area contributed by atoms with Gasteiger partial charge in [-0.15, -0.1) is 0 Å². The predicted molar refractivity (Wildman–Crippen MR) is 118 cm³/mol. The number of furan rings is 1. The van der Waals surface area contributed by atoms with E-state index in [1.54, 1.807) is 23.3 Å². The van der Waals surface area contributed by atoms with Crippen LogP contribution in [0, 0.1) is 0 Å². The summed E-state index contributed by atoms with van der Waals surface area (Å²) in [5, 5.41) is 7.12. The second kappa shape index (κ2) is 8.10. The van der Waals surface area contributed by atoms with E-state index >= 15 is 0 Å². The number of nitrogens with zero attached hydrogens (tertiary/aromatic N) is 4. The highest BCUT2D eigenvalue weighted by atomic mass is 16.3. The van der Waals surface area contributed by atoms with Gasteiger partial charge in [0.15, 0.2) is 0 Å². The molecule has 1 amide bonds. The summed E-state index contributed by atoms with van der Waals surface area (Å²) in [5.74, 6) is 0.488. The third kappa shape index (κ3) is 3.94. The highest BCUT2D eigenvalue weighted by Crippen LogP contribution is 2.33. The monoisotopic (exact) mass is 413 g/mol. The predicted octanol–water partition coefficient (Wildman–Crippen LogP) is 4.12. The van der Waals surface area contributed by atoms with Crippen molar-refractivity contribution in [3.63, 3.8) is 0 Å². The molecule has 0 bridgehead atoms. The van der Waals surface area contributed by atoms with Gasteiger partial charge in [0.05, 0.1) is 24.9 Å². The lowest BCUT2D eigenvalue weighted by atomic mass is 10.1. The maximum atomic E-state index is 13.0. The molecule has 3 heterocycles. The Morgan fingerprint density at radius 1 is 1.16 bits per heavy atom. The molecular formula is C24H23N5O2. The van der Waals surface area contributed by atoms with Crippen molar-refractivity contribution in [2.24, 2.45) is 0 Å². The van der Waals surface area contributed by atoms with Crippen LogP contribution >= 0.6 is 0 Å². The second-order valence-electron chi connectivity index (χ2n) is 7.81. The largest absolute Gasteiger partial charge is 0.467 e. The van der Waals surface area contributed by atoms with Gasteiger partial charge in [0, 0.05) is 17.4 Å². The van der Waals surface area contributed by atoms with E-state index in [-0.39, 0.29) is 5.91 Å². The minimum atomic E-state index is -0.179. The van der Waals surface area contributed by atoms with Crippen LogP contribution in [0.3, 0.4) is 0 Å². The van der Waals surface area contributed by atoms with Crippen LogP contribution in [0.15, 0.2) is 77.9 Å². The van der Waals surface area contributed by atoms with Crippen molar-refractivity contribution in [2.75, 3.05) is 10.2 Å². The van der Waals surface area contributed by atoms with Crippen LogP contribution in [0.5, 0.6) is 0 Å². The van der Waals surface area contributed by atoms with E-state index in [9.17, 15) is 4.79 Å². The van der Waals surface area contributed by atoms with E-state index in [4.69, 9.17) is 4.42 Å². The van der Waals surface area contributed by atoms with Crippen LogP contribution < -0.4 is 10.2 Å². The number of hydrogen-bond acceptors (Lipinski definition) is 5.